The van der Waals surface area contributed by atoms with Gasteiger partial charge < -0.3 is 14.4 Å². The van der Waals surface area contributed by atoms with E-state index in [9.17, 15) is 4.79 Å². The Hall–Kier alpha value is -2.24. The van der Waals surface area contributed by atoms with Gasteiger partial charge in [-0.2, -0.15) is 0 Å². The molecular formula is C22H29ClN2O3. The quantitative estimate of drug-likeness (QED) is 0.655. The fraction of sp³-hybridized carbons (Fsp3) is 0.409. The van der Waals surface area contributed by atoms with E-state index in [1.807, 2.05) is 61.5 Å². The zero-order valence-electron chi connectivity index (χ0n) is 16.5. The van der Waals surface area contributed by atoms with Gasteiger partial charge in [0, 0.05) is 38.4 Å². The topological polar surface area (TPSA) is 42.0 Å². The van der Waals surface area contributed by atoms with Gasteiger partial charge in [0.2, 0.25) is 0 Å². The lowest BCUT2D eigenvalue weighted by Crippen LogP contribution is -2.48. The largest absolute Gasteiger partial charge is 0.489 e. The third-order valence-electron chi connectivity index (χ3n) is 4.71. The molecule has 1 aliphatic rings. The average molecular weight is 405 g/mol. The van der Waals surface area contributed by atoms with Crippen molar-refractivity contribution in [2.45, 2.75) is 20.0 Å². The second-order valence-electron chi connectivity index (χ2n) is 6.80. The van der Waals surface area contributed by atoms with Crippen molar-refractivity contribution in [1.82, 2.24) is 4.90 Å². The highest BCUT2D eigenvalue weighted by Crippen LogP contribution is 2.18. The molecule has 1 unspecified atom stereocenters. The maximum Gasteiger partial charge on any atom is 0.338 e. The molecule has 1 heterocycles. The molecule has 1 aliphatic heterocycles. The summed E-state index contributed by atoms with van der Waals surface area (Å²) in [4.78, 5) is 16.6. The molecular weight excluding hydrogens is 376 g/mol. The Labute approximate surface area is 173 Å². The Morgan fingerprint density at radius 2 is 1.64 bits per heavy atom. The van der Waals surface area contributed by atoms with Crippen molar-refractivity contribution in [3.63, 3.8) is 0 Å². The van der Waals surface area contributed by atoms with E-state index < -0.39 is 0 Å². The van der Waals surface area contributed by atoms with Crippen molar-refractivity contribution in [2.24, 2.45) is 0 Å². The summed E-state index contributed by atoms with van der Waals surface area (Å²) in [5.41, 5.74) is 1.75. The van der Waals surface area contributed by atoms with Gasteiger partial charge in [0.05, 0.1) is 12.2 Å². The van der Waals surface area contributed by atoms with E-state index in [2.05, 4.69) is 16.7 Å². The fourth-order valence-electron chi connectivity index (χ4n) is 3.34. The molecule has 152 valence electrons. The van der Waals surface area contributed by atoms with E-state index in [1.54, 1.807) is 0 Å². The van der Waals surface area contributed by atoms with Crippen LogP contribution in [-0.4, -0.2) is 56.3 Å². The molecule has 0 amide bonds. The van der Waals surface area contributed by atoms with Gasteiger partial charge in [-0.05, 0) is 50.2 Å². The Morgan fingerprint density at radius 1 is 1.00 bits per heavy atom. The number of anilines is 1. The first-order chi connectivity index (χ1) is 13.2. The van der Waals surface area contributed by atoms with E-state index in [1.165, 1.54) is 0 Å². The SMILES string of the molecule is CCOC(=O)c1ccc(N2CCN(CC(C)Oc3ccccc3)CC2)cc1.Cl. The first kappa shape index (κ1) is 22.1. The summed E-state index contributed by atoms with van der Waals surface area (Å²) in [7, 11) is 0. The second-order valence-corrected chi connectivity index (χ2v) is 6.80. The number of ether oxygens (including phenoxy) is 2. The maximum atomic E-state index is 11.8. The lowest BCUT2D eigenvalue weighted by Gasteiger charge is -2.37. The molecule has 0 N–H and O–H groups in total. The lowest BCUT2D eigenvalue weighted by molar-refractivity contribution is 0.0526. The van der Waals surface area contributed by atoms with Crippen LogP contribution in [0.5, 0.6) is 5.75 Å². The minimum Gasteiger partial charge on any atom is -0.489 e. The molecule has 0 bridgehead atoms. The Morgan fingerprint density at radius 3 is 2.25 bits per heavy atom. The molecule has 2 aromatic rings. The second kappa shape index (κ2) is 10.9. The molecule has 28 heavy (non-hydrogen) atoms. The number of carbonyl (C=O) groups excluding carboxylic acids is 1. The first-order valence-electron chi connectivity index (χ1n) is 9.62. The van der Waals surface area contributed by atoms with Gasteiger partial charge in [-0.15, -0.1) is 12.4 Å². The van der Waals surface area contributed by atoms with Crippen molar-refractivity contribution in [2.75, 3.05) is 44.2 Å². The molecule has 1 fully saturated rings. The van der Waals surface area contributed by atoms with Crippen LogP contribution in [0.2, 0.25) is 0 Å². The summed E-state index contributed by atoms with van der Waals surface area (Å²) in [5.74, 6) is 0.659. The van der Waals surface area contributed by atoms with Crippen LogP contribution in [-0.2, 0) is 4.74 Å². The molecule has 5 nitrogen and oxygen atoms in total. The lowest BCUT2D eigenvalue weighted by atomic mass is 10.1. The Kier molecular flexibility index (Phi) is 8.61. The minimum absolute atomic E-state index is 0. The summed E-state index contributed by atoms with van der Waals surface area (Å²) in [6, 6.07) is 17.7. The maximum absolute atomic E-state index is 11.8. The summed E-state index contributed by atoms with van der Waals surface area (Å²) in [6.45, 7) is 9.20. The van der Waals surface area contributed by atoms with Gasteiger partial charge in [-0.1, -0.05) is 18.2 Å². The number of rotatable bonds is 7. The van der Waals surface area contributed by atoms with Crippen molar-refractivity contribution in [3.05, 3.63) is 60.2 Å². The van der Waals surface area contributed by atoms with Gasteiger partial charge >= 0.3 is 5.97 Å². The van der Waals surface area contributed by atoms with Crippen LogP contribution in [0.4, 0.5) is 5.69 Å². The first-order valence-corrected chi connectivity index (χ1v) is 9.62. The highest BCUT2D eigenvalue weighted by Gasteiger charge is 2.19. The van der Waals surface area contributed by atoms with E-state index in [4.69, 9.17) is 9.47 Å². The van der Waals surface area contributed by atoms with Crippen LogP contribution in [0.25, 0.3) is 0 Å². The summed E-state index contributed by atoms with van der Waals surface area (Å²) >= 11 is 0. The monoisotopic (exact) mass is 404 g/mol. The number of halogens is 1. The van der Waals surface area contributed by atoms with Crippen LogP contribution in [0, 0.1) is 0 Å². The number of esters is 1. The summed E-state index contributed by atoms with van der Waals surface area (Å²) in [5, 5.41) is 0. The molecule has 0 spiro atoms. The van der Waals surface area contributed by atoms with Crippen molar-refractivity contribution < 1.29 is 14.3 Å². The van der Waals surface area contributed by atoms with Crippen LogP contribution in [0.1, 0.15) is 24.2 Å². The minimum atomic E-state index is -0.263. The van der Waals surface area contributed by atoms with Gasteiger partial charge in [0.1, 0.15) is 11.9 Å². The molecule has 0 aliphatic carbocycles. The van der Waals surface area contributed by atoms with E-state index in [0.29, 0.717) is 12.2 Å². The number of benzene rings is 2. The van der Waals surface area contributed by atoms with Gasteiger partial charge in [-0.3, -0.25) is 4.90 Å². The molecule has 0 radical (unpaired) electrons. The van der Waals surface area contributed by atoms with Crippen molar-refractivity contribution >= 4 is 24.1 Å². The number of para-hydroxylation sites is 1. The highest BCUT2D eigenvalue weighted by molar-refractivity contribution is 5.89. The zero-order valence-corrected chi connectivity index (χ0v) is 17.4. The number of nitrogens with zero attached hydrogens (tertiary/aromatic N) is 2. The normalized spacial score (nSPS) is 15.4. The molecule has 3 rings (SSSR count). The predicted octanol–water partition coefficient (Wildman–Crippen LogP) is 3.87. The van der Waals surface area contributed by atoms with Crippen LogP contribution < -0.4 is 9.64 Å². The average Bonchev–Trinajstić information content (AvgIpc) is 2.69. The Bertz CT molecular complexity index is 716. The van der Waals surface area contributed by atoms with Gasteiger partial charge in [0.15, 0.2) is 0 Å². The third-order valence-corrected chi connectivity index (χ3v) is 4.71. The predicted molar refractivity (Wildman–Crippen MR) is 115 cm³/mol. The Balaban J connectivity index is 0.00000280. The molecule has 1 atom stereocenters. The standard InChI is InChI=1S/C22H28N2O3.ClH/c1-3-26-22(25)19-9-11-20(12-10-19)24-15-13-23(14-16-24)17-18(2)27-21-7-5-4-6-8-21;/h4-12,18H,3,13-17H2,1-2H3;1H. The fourth-order valence-corrected chi connectivity index (χ4v) is 3.34. The molecule has 1 saturated heterocycles. The third kappa shape index (κ3) is 6.14. The van der Waals surface area contributed by atoms with Crippen molar-refractivity contribution in [1.29, 1.82) is 0 Å². The van der Waals surface area contributed by atoms with Crippen LogP contribution >= 0.6 is 12.4 Å². The van der Waals surface area contributed by atoms with Gasteiger partial charge in [-0.25, -0.2) is 4.79 Å². The highest BCUT2D eigenvalue weighted by atomic mass is 35.5. The number of hydrogen-bond donors (Lipinski definition) is 0. The number of hydrogen-bond acceptors (Lipinski definition) is 5. The van der Waals surface area contributed by atoms with E-state index in [0.717, 1.165) is 44.2 Å². The summed E-state index contributed by atoms with van der Waals surface area (Å²) in [6.07, 6.45) is 0.155. The van der Waals surface area contributed by atoms with Crippen LogP contribution in [0.15, 0.2) is 54.6 Å². The zero-order chi connectivity index (χ0) is 19.1. The number of carbonyl (C=O) groups is 1. The molecule has 0 saturated carbocycles. The van der Waals surface area contributed by atoms with Crippen molar-refractivity contribution in [3.8, 4) is 5.75 Å². The summed E-state index contributed by atoms with van der Waals surface area (Å²) < 4.78 is 11.0. The molecule has 6 heteroatoms. The van der Waals surface area contributed by atoms with E-state index >= 15 is 0 Å². The van der Waals surface area contributed by atoms with E-state index in [-0.39, 0.29) is 24.5 Å². The molecule has 2 aromatic carbocycles. The molecule has 0 aromatic heterocycles. The van der Waals surface area contributed by atoms with Crippen LogP contribution in [0.3, 0.4) is 0 Å². The number of piperazine rings is 1. The smallest absolute Gasteiger partial charge is 0.338 e. The van der Waals surface area contributed by atoms with Gasteiger partial charge in [0.25, 0.3) is 0 Å².